The van der Waals surface area contributed by atoms with E-state index in [4.69, 9.17) is 5.11 Å². The number of rotatable bonds is 5. The molecule has 1 atom stereocenters. The number of nitrogens with zero attached hydrogens (tertiary/aromatic N) is 1. The Labute approximate surface area is 140 Å². The molecule has 128 valence electrons. The van der Waals surface area contributed by atoms with Crippen molar-refractivity contribution in [2.45, 2.75) is 38.5 Å². The minimum absolute atomic E-state index is 0.0235. The summed E-state index contributed by atoms with van der Waals surface area (Å²) >= 11 is 0. The fraction of sp³-hybridized carbons (Fsp3) is 0.500. The zero-order chi connectivity index (χ0) is 17.1. The van der Waals surface area contributed by atoms with Crippen LogP contribution in [0.25, 0.3) is 0 Å². The van der Waals surface area contributed by atoms with Crippen molar-refractivity contribution in [3.05, 3.63) is 29.3 Å². The summed E-state index contributed by atoms with van der Waals surface area (Å²) in [6.07, 6.45) is 3.78. The highest BCUT2D eigenvalue weighted by atomic mass is 16.4. The Kier molecular flexibility index (Phi) is 4.83. The van der Waals surface area contributed by atoms with Gasteiger partial charge >= 0.3 is 5.97 Å². The molecular weight excluding hydrogens is 308 g/mol. The van der Waals surface area contributed by atoms with Crippen molar-refractivity contribution in [2.75, 3.05) is 18.4 Å². The standard InChI is InChI=1S/C18H22N2O4/c21-16-10-14-9-12(6-7-15(14)19-16)3-1-5-17(22)20-8-2-4-13(11-20)18(23)24/h6-7,9,13H,1-5,8,10-11H2,(H,19,21)(H,23,24). The number of hydrogen-bond donors (Lipinski definition) is 2. The molecule has 2 amide bonds. The average molecular weight is 330 g/mol. The zero-order valence-electron chi connectivity index (χ0n) is 13.6. The number of carbonyl (C=O) groups excluding carboxylic acids is 2. The molecule has 0 aromatic heterocycles. The zero-order valence-corrected chi connectivity index (χ0v) is 13.6. The Morgan fingerprint density at radius 2 is 2.17 bits per heavy atom. The number of nitrogens with one attached hydrogen (secondary N) is 1. The number of likely N-dealkylation sites (tertiary alicyclic amines) is 1. The summed E-state index contributed by atoms with van der Waals surface area (Å²) < 4.78 is 0. The number of piperidine rings is 1. The Morgan fingerprint density at radius 1 is 1.33 bits per heavy atom. The summed E-state index contributed by atoms with van der Waals surface area (Å²) in [5.74, 6) is -1.17. The molecule has 0 bridgehead atoms. The van der Waals surface area contributed by atoms with Crippen molar-refractivity contribution < 1.29 is 19.5 Å². The summed E-state index contributed by atoms with van der Waals surface area (Å²) in [6, 6.07) is 5.93. The molecule has 3 rings (SSSR count). The number of amides is 2. The Balaban J connectivity index is 1.48. The van der Waals surface area contributed by atoms with Crippen molar-refractivity contribution in [2.24, 2.45) is 5.92 Å². The highest BCUT2D eigenvalue weighted by molar-refractivity contribution is 5.99. The predicted octanol–water partition coefficient (Wildman–Crippen LogP) is 1.83. The maximum atomic E-state index is 12.3. The van der Waals surface area contributed by atoms with Crippen molar-refractivity contribution in [3.63, 3.8) is 0 Å². The number of carbonyl (C=O) groups is 3. The second kappa shape index (κ2) is 7.03. The minimum Gasteiger partial charge on any atom is -0.481 e. The lowest BCUT2D eigenvalue weighted by Gasteiger charge is -2.30. The van der Waals surface area contributed by atoms with E-state index >= 15 is 0 Å². The Bertz CT molecular complexity index is 671. The molecule has 6 nitrogen and oxygen atoms in total. The van der Waals surface area contributed by atoms with Gasteiger partial charge in [-0.1, -0.05) is 12.1 Å². The number of fused-ring (bicyclic) bond motifs is 1. The van der Waals surface area contributed by atoms with E-state index in [9.17, 15) is 14.4 Å². The topological polar surface area (TPSA) is 86.7 Å². The van der Waals surface area contributed by atoms with Crippen LogP contribution in [0.1, 0.15) is 36.8 Å². The molecule has 1 saturated heterocycles. The van der Waals surface area contributed by atoms with Crippen LogP contribution in [0.15, 0.2) is 18.2 Å². The second-order valence-corrected chi connectivity index (χ2v) is 6.59. The smallest absolute Gasteiger partial charge is 0.308 e. The number of carboxylic acid groups (broad SMARTS) is 1. The number of aliphatic carboxylic acids is 1. The lowest BCUT2D eigenvalue weighted by molar-refractivity contribution is -0.145. The summed E-state index contributed by atoms with van der Waals surface area (Å²) in [6.45, 7) is 0.996. The first-order valence-electron chi connectivity index (χ1n) is 8.45. The molecule has 0 spiro atoms. The summed E-state index contributed by atoms with van der Waals surface area (Å²) in [7, 11) is 0. The molecule has 2 aliphatic rings. The van der Waals surface area contributed by atoms with E-state index < -0.39 is 11.9 Å². The Morgan fingerprint density at radius 3 is 2.96 bits per heavy atom. The summed E-state index contributed by atoms with van der Waals surface area (Å²) in [4.78, 5) is 36.4. The molecule has 1 fully saturated rings. The first-order chi connectivity index (χ1) is 11.5. The highest BCUT2D eigenvalue weighted by Crippen LogP contribution is 2.24. The maximum absolute atomic E-state index is 12.3. The lowest BCUT2D eigenvalue weighted by Crippen LogP contribution is -2.42. The first-order valence-corrected chi connectivity index (χ1v) is 8.45. The van der Waals surface area contributed by atoms with Gasteiger partial charge in [-0.05, 0) is 42.9 Å². The molecule has 2 heterocycles. The monoisotopic (exact) mass is 330 g/mol. The van der Waals surface area contributed by atoms with Gasteiger partial charge in [0.2, 0.25) is 11.8 Å². The van der Waals surface area contributed by atoms with Gasteiger partial charge in [0, 0.05) is 25.2 Å². The van der Waals surface area contributed by atoms with Crippen LogP contribution in [0.3, 0.4) is 0 Å². The van der Waals surface area contributed by atoms with Crippen LogP contribution in [-0.2, 0) is 27.2 Å². The number of anilines is 1. The number of carboxylic acids is 1. The van der Waals surface area contributed by atoms with Gasteiger partial charge in [-0.25, -0.2) is 0 Å². The van der Waals surface area contributed by atoms with Crippen molar-refractivity contribution in [3.8, 4) is 0 Å². The lowest BCUT2D eigenvalue weighted by atomic mass is 9.97. The van der Waals surface area contributed by atoms with Gasteiger partial charge in [-0.3, -0.25) is 14.4 Å². The normalized spacial score (nSPS) is 19.8. The third-order valence-corrected chi connectivity index (χ3v) is 4.77. The highest BCUT2D eigenvalue weighted by Gasteiger charge is 2.27. The van der Waals surface area contributed by atoms with Crippen LogP contribution in [0.4, 0.5) is 5.69 Å². The van der Waals surface area contributed by atoms with E-state index in [0.717, 1.165) is 36.1 Å². The SMILES string of the molecule is O=C1Cc2cc(CCCC(=O)N3CCCC(C(=O)O)C3)ccc2N1. The predicted molar refractivity (Wildman–Crippen MR) is 88.7 cm³/mol. The molecule has 1 unspecified atom stereocenters. The average Bonchev–Trinajstić information content (AvgIpc) is 2.94. The van der Waals surface area contributed by atoms with Gasteiger partial charge in [0.15, 0.2) is 0 Å². The molecule has 0 saturated carbocycles. The third kappa shape index (κ3) is 3.75. The number of benzene rings is 1. The van der Waals surface area contributed by atoms with Gasteiger partial charge in [0.25, 0.3) is 0 Å². The molecule has 1 aromatic rings. The van der Waals surface area contributed by atoms with Gasteiger partial charge in [-0.2, -0.15) is 0 Å². The molecule has 0 radical (unpaired) electrons. The third-order valence-electron chi connectivity index (χ3n) is 4.77. The fourth-order valence-corrected chi connectivity index (χ4v) is 3.45. The Hall–Kier alpha value is -2.37. The quantitative estimate of drug-likeness (QED) is 0.862. The largest absolute Gasteiger partial charge is 0.481 e. The van der Waals surface area contributed by atoms with Crippen LogP contribution in [0.5, 0.6) is 0 Å². The van der Waals surface area contributed by atoms with E-state index in [1.807, 2.05) is 18.2 Å². The van der Waals surface area contributed by atoms with Crippen molar-refractivity contribution >= 4 is 23.5 Å². The molecule has 24 heavy (non-hydrogen) atoms. The van der Waals surface area contributed by atoms with Crippen LogP contribution in [0, 0.1) is 5.92 Å². The van der Waals surface area contributed by atoms with Crippen molar-refractivity contribution in [1.82, 2.24) is 4.90 Å². The molecule has 2 aliphatic heterocycles. The van der Waals surface area contributed by atoms with Gasteiger partial charge in [-0.15, -0.1) is 0 Å². The van der Waals surface area contributed by atoms with E-state index in [1.54, 1.807) is 4.90 Å². The number of hydrogen-bond acceptors (Lipinski definition) is 3. The number of aryl methyl sites for hydroxylation is 1. The van der Waals surface area contributed by atoms with Crippen LogP contribution in [-0.4, -0.2) is 40.9 Å². The van der Waals surface area contributed by atoms with Gasteiger partial charge < -0.3 is 15.3 Å². The van der Waals surface area contributed by atoms with Crippen LogP contribution >= 0.6 is 0 Å². The molecule has 6 heteroatoms. The van der Waals surface area contributed by atoms with Crippen LogP contribution in [0.2, 0.25) is 0 Å². The van der Waals surface area contributed by atoms with Gasteiger partial charge in [0.05, 0.1) is 12.3 Å². The first kappa shape index (κ1) is 16.5. The van der Waals surface area contributed by atoms with E-state index in [2.05, 4.69) is 5.32 Å². The fourth-order valence-electron chi connectivity index (χ4n) is 3.45. The van der Waals surface area contributed by atoms with E-state index in [1.165, 1.54) is 0 Å². The van der Waals surface area contributed by atoms with E-state index in [-0.39, 0.29) is 11.8 Å². The van der Waals surface area contributed by atoms with Crippen LogP contribution < -0.4 is 5.32 Å². The van der Waals surface area contributed by atoms with E-state index in [0.29, 0.717) is 32.4 Å². The summed E-state index contributed by atoms with van der Waals surface area (Å²) in [5, 5.41) is 11.9. The molecule has 2 N–H and O–H groups in total. The molecular formula is C18H22N2O4. The summed E-state index contributed by atoms with van der Waals surface area (Å²) in [5.41, 5.74) is 3.03. The minimum atomic E-state index is -0.811. The second-order valence-electron chi connectivity index (χ2n) is 6.59. The van der Waals surface area contributed by atoms with Crippen molar-refractivity contribution in [1.29, 1.82) is 0 Å². The van der Waals surface area contributed by atoms with Gasteiger partial charge in [0.1, 0.15) is 0 Å². The molecule has 0 aliphatic carbocycles. The molecule has 1 aromatic carbocycles. The maximum Gasteiger partial charge on any atom is 0.308 e.